The molecule has 0 aromatic heterocycles. The maximum Gasteiger partial charge on any atom is 0.573 e. The van der Waals surface area contributed by atoms with Crippen LogP contribution >= 0.6 is 23.2 Å². The van der Waals surface area contributed by atoms with Crippen molar-refractivity contribution < 1.29 is 22.7 Å². The molecule has 0 aliphatic rings. The number of benzene rings is 2. The van der Waals surface area contributed by atoms with Crippen molar-refractivity contribution in [3.63, 3.8) is 0 Å². The second-order valence-corrected chi connectivity index (χ2v) is 6.85. The summed E-state index contributed by atoms with van der Waals surface area (Å²) >= 11 is 12.0. The number of nitrogens with one attached hydrogen (secondary N) is 1. The zero-order valence-corrected chi connectivity index (χ0v) is 16.0. The van der Waals surface area contributed by atoms with Crippen LogP contribution in [0.1, 0.15) is 22.0 Å². The Balaban J connectivity index is 2.16. The minimum atomic E-state index is -4.78. The van der Waals surface area contributed by atoms with E-state index < -0.39 is 24.1 Å². The third kappa shape index (κ3) is 6.61. The third-order valence-corrected chi connectivity index (χ3v) is 4.29. The number of alkyl halides is 3. The quantitative estimate of drug-likeness (QED) is 0.720. The van der Waals surface area contributed by atoms with Gasteiger partial charge in [-0.2, -0.15) is 0 Å². The van der Waals surface area contributed by atoms with Crippen LogP contribution in [-0.2, 0) is 0 Å². The number of ether oxygens (including phenoxy) is 1. The SMILES string of the molecule is CN(C)C[C@@H](NC(=O)c1ccc(OC(F)(F)F)cc1)c1ccc(Cl)c(Cl)c1. The van der Waals surface area contributed by atoms with Crippen molar-refractivity contribution in [1.82, 2.24) is 10.2 Å². The van der Waals surface area contributed by atoms with Crippen molar-refractivity contribution in [2.75, 3.05) is 20.6 Å². The summed E-state index contributed by atoms with van der Waals surface area (Å²) in [5.41, 5.74) is 0.955. The molecule has 0 aliphatic heterocycles. The molecule has 4 nitrogen and oxygen atoms in total. The van der Waals surface area contributed by atoms with Crippen LogP contribution in [0.5, 0.6) is 5.75 Å². The van der Waals surface area contributed by atoms with E-state index in [1.54, 1.807) is 18.2 Å². The highest BCUT2D eigenvalue weighted by Gasteiger charge is 2.31. The summed E-state index contributed by atoms with van der Waals surface area (Å²) in [6.45, 7) is 0.485. The molecule has 0 aliphatic carbocycles. The Morgan fingerprint density at radius 3 is 2.26 bits per heavy atom. The van der Waals surface area contributed by atoms with Gasteiger partial charge >= 0.3 is 6.36 Å². The number of amides is 1. The smallest absolute Gasteiger partial charge is 0.406 e. The van der Waals surface area contributed by atoms with E-state index in [0.717, 1.165) is 17.7 Å². The van der Waals surface area contributed by atoms with Gasteiger partial charge in [-0.1, -0.05) is 29.3 Å². The van der Waals surface area contributed by atoms with E-state index in [1.165, 1.54) is 12.1 Å². The maximum absolute atomic E-state index is 12.5. The lowest BCUT2D eigenvalue weighted by Gasteiger charge is -2.23. The molecular formula is C18H17Cl2F3N2O2. The van der Waals surface area contributed by atoms with Crippen LogP contribution < -0.4 is 10.1 Å². The first-order chi connectivity index (χ1) is 12.5. The number of hydrogen-bond donors (Lipinski definition) is 1. The molecule has 27 heavy (non-hydrogen) atoms. The number of carbonyl (C=O) groups is 1. The Labute approximate surface area is 164 Å². The molecule has 0 heterocycles. The van der Waals surface area contributed by atoms with Gasteiger partial charge in [0.25, 0.3) is 5.91 Å². The summed E-state index contributed by atoms with van der Waals surface area (Å²) in [5.74, 6) is -0.833. The van der Waals surface area contributed by atoms with Gasteiger partial charge in [-0.15, -0.1) is 13.2 Å². The fourth-order valence-electron chi connectivity index (χ4n) is 2.38. The van der Waals surface area contributed by atoms with Crippen LogP contribution in [0, 0.1) is 0 Å². The van der Waals surface area contributed by atoms with Gasteiger partial charge in [0.2, 0.25) is 0 Å². The van der Waals surface area contributed by atoms with Gasteiger partial charge in [0.1, 0.15) is 5.75 Å². The first-order valence-corrected chi connectivity index (χ1v) is 8.57. The van der Waals surface area contributed by atoms with Gasteiger partial charge in [0.15, 0.2) is 0 Å². The number of hydrogen-bond acceptors (Lipinski definition) is 3. The van der Waals surface area contributed by atoms with E-state index in [9.17, 15) is 18.0 Å². The molecule has 1 amide bonds. The topological polar surface area (TPSA) is 41.6 Å². The number of halogens is 5. The van der Waals surface area contributed by atoms with E-state index in [-0.39, 0.29) is 5.56 Å². The molecule has 0 spiro atoms. The molecule has 0 radical (unpaired) electrons. The largest absolute Gasteiger partial charge is 0.573 e. The average Bonchev–Trinajstić information content (AvgIpc) is 2.55. The number of rotatable bonds is 6. The van der Waals surface area contributed by atoms with Gasteiger partial charge in [-0.05, 0) is 56.1 Å². The van der Waals surface area contributed by atoms with Crippen LogP contribution in [0.4, 0.5) is 13.2 Å². The van der Waals surface area contributed by atoms with E-state index in [2.05, 4.69) is 10.1 Å². The van der Waals surface area contributed by atoms with E-state index >= 15 is 0 Å². The first kappa shape index (κ1) is 21.3. The maximum atomic E-state index is 12.5. The van der Waals surface area contributed by atoms with E-state index in [4.69, 9.17) is 23.2 Å². The highest BCUT2D eigenvalue weighted by atomic mass is 35.5. The molecule has 2 aromatic carbocycles. The highest BCUT2D eigenvalue weighted by molar-refractivity contribution is 6.42. The lowest BCUT2D eigenvalue weighted by Crippen LogP contribution is -2.35. The molecule has 0 saturated heterocycles. The van der Waals surface area contributed by atoms with Gasteiger partial charge in [-0.25, -0.2) is 0 Å². The Hall–Kier alpha value is -1.96. The second-order valence-electron chi connectivity index (χ2n) is 6.03. The van der Waals surface area contributed by atoms with Crippen LogP contribution in [0.15, 0.2) is 42.5 Å². The Morgan fingerprint density at radius 1 is 1.11 bits per heavy atom. The van der Waals surface area contributed by atoms with Gasteiger partial charge in [-0.3, -0.25) is 4.79 Å². The zero-order valence-electron chi connectivity index (χ0n) is 14.5. The van der Waals surface area contributed by atoms with Crippen LogP contribution in [-0.4, -0.2) is 37.8 Å². The summed E-state index contributed by atoms with van der Waals surface area (Å²) in [7, 11) is 3.69. The minimum Gasteiger partial charge on any atom is -0.406 e. The summed E-state index contributed by atoms with van der Waals surface area (Å²) in [6, 6.07) is 9.35. The molecule has 1 N–H and O–H groups in total. The van der Waals surface area contributed by atoms with Crippen LogP contribution in [0.2, 0.25) is 10.0 Å². The van der Waals surface area contributed by atoms with E-state index in [1.807, 2.05) is 19.0 Å². The van der Waals surface area contributed by atoms with Gasteiger partial charge in [0, 0.05) is 12.1 Å². The molecule has 9 heteroatoms. The highest BCUT2D eigenvalue weighted by Crippen LogP contribution is 2.27. The molecular weight excluding hydrogens is 404 g/mol. The predicted molar refractivity (Wildman–Crippen MR) is 98.3 cm³/mol. The molecule has 0 fully saturated rings. The first-order valence-electron chi connectivity index (χ1n) is 7.81. The molecule has 0 bridgehead atoms. The predicted octanol–water partition coefficient (Wildman–Crippen LogP) is 4.92. The van der Waals surface area contributed by atoms with Gasteiger partial charge < -0.3 is 15.0 Å². The number of likely N-dealkylation sites (N-methyl/N-ethyl adjacent to an activating group) is 1. The second kappa shape index (κ2) is 8.82. The third-order valence-electron chi connectivity index (χ3n) is 3.55. The summed E-state index contributed by atoms with van der Waals surface area (Å²) in [6.07, 6.45) is -4.78. The van der Waals surface area contributed by atoms with Crippen LogP contribution in [0.3, 0.4) is 0 Å². The summed E-state index contributed by atoms with van der Waals surface area (Å²) in [4.78, 5) is 14.4. The van der Waals surface area contributed by atoms with Crippen molar-refractivity contribution >= 4 is 29.1 Å². The van der Waals surface area contributed by atoms with Crippen molar-refractivity contribution in [2.45, 2.75) is 12.4 Å². The van der Waals surface area contributed by atoms with Crippen molar-refractivity contribution in [3.05, 3.63) is 63.6 Å². The van der Waals surface area contributed by atoms with Crippen molar-refractivity contribution in [1.29, 1.82) is 0 Å². The molecule has 0 unspecified atom stereocenters. The fourth-order valence-corrected chi connectivity index (χ4v) is 2.68. The average molecular weight is 421 g/mol. The van der Waals surface area contributed by atoms with E-state index in [0.29, 0.717) is 16.6 Å². The summed E-state index contributed by atoms with van der Waals surface area (Å²) in [5, 5.41) is 3.61. The standard InChI is InChI=1S/C18H17Cl2F3N2O2/c1-25(2)10-16(12-5-8-14(19)15(20)9-12)24-17(26)11-3-6-13(7-4-11)27-18(21,22)23/h3-9,16H,10H2,1-2H3,(H,24,26)/t16-/m1/s1. The van der Waals surface area contributed by atoms with Crippen LogP contribution in [0.25, 0.3) is 0 Å². The minimum absolute atomic E-state index is 0.202. The molecule has 2 rings (SSSR count). The van der Waals surface area contributed by atoms with Crippen molar-refractivity contribution in [2.24, 2.45) is 0 Å². The molecule has 0 saturated carbocycles. The Morgan fingerprint density at radius 2 is 1.74 bits per heavy atom. The van der Waals surface area contributed by atoms with Crippen molar-refractivity contribution in [3.8, 4) is 5.75 Å². The summed E-state index contributed by atoms with van der Waals surface area (Å²) < 4.78 is 40.4. The Kier molecular flexibility index (Phi) is 6.97. The Bertz CT molecular complexity index is 796. The molecule has 146 valence electrons. The van der Waals surface area contributed by atoms with Gasteiger partial charge in [0.05, 0.1) is 16.1 Å². The lowest BCUT2D eigenvalue weighted by atomic mass is 10.1. The zero-order chi connectivity index (χ0) is 20.2. The monoisotopic (exact) mass is 420 g/mol. The number of carbonyl (C=O) groups excluding carboxylic acids is 1. The number of nitrogens with zero attached hydrogens (tertiary/aromatic N) is 1. The molecule has 2 aromatic rings. The molecule has 1 atom stereocenters. The normalized spacial score (nSPS) is 12.7. The fraction of sp³-hybridized carbons (Fsp3) is 0.278. The lowest BCUT2D eigenvalue weighted by molar-refractivity contribution is -0.274.